The first-order valence-corrected chi connectivity index (χ1v) is 12.4. The SMILES string of the molecule is CC(C)CCC1=CC(c2ccccc2)(c2ccccc2)C(c2ccccc2)=C1c1ccccc1. The van der Waals surface area contributed by atoms with Gasteiger partial charge in [0.15, 0.2) is 0 Å². The second kappa shape index (κ2) is 9.69. The lowest BCUT2D eigenvalue weighted by Gasteiger charge is -2.33. The molecule has 0 radical (unpaired) electrons. The zero-order valence-electron chi connectivity index (χ0n) is 20.1. The van der Waals surface area contributed by atoms with Crippen LogP contribution in [0.25, 0.3) is 11.1 Å². The van der Waals surface area contributed by atoms with Gasteiger partial charge in [-0.05, 0) is 57.7 Å². The Morgan fingerprint density at radius 1 is 0.559 bits per heavy atom. The molecule has 34 heavy (non-hydrogen) atoms. The molecular formula is C34H32. The monoisotopic (exact) mass is 440 g/mol. The van der Waals surface area contributed by atoms with E-state index in [1.165, 1.54) is 45.4 Å². The first kappa shape index (κ1) is 22.2. The van der Waals surface area contributed by atoms with E-state index in [1.54, 1.807) is 0 Å². The molecule has 0 bridgehead atoms. The molecule has 0 saturated heterocycles. The minimum Gasteiger partial charge on any atom is -0.0628 e. The second-order valence-corrected chi connectivity index (χ2v) is 9.62. The summed E-state index contributed by atoms with van der Waals surface area (Å²) in [7, 11) is 0. The Labute approximate surface area is 204 Å². The molecule has 0 fully saturated rings. The van der Waals surface area contributed by atoms with E-state index in [-0.39, 0.29) is 5.41 Å². The van der Waals surface area contributed by atoms with E-state index in [0.29, 0.717) is 5.92 Å². The van der Waals surface area contributed by atoms with Crippen molar-refractivity contribution in [3.63, 3.8) is 0 Å². The van der Waals surface area contributed by atoms with Gasteiger partial charge in [-0.25, -0.2) is 0 Å². The highest BCUT2D eigenvalue weighted by atomic mass is 14.5. The van der Waals surface area contributed by atoms with E-state index in [1.807, 2.05) is 0 Å². The second-order valence-electron chi connectivity index (χ2n) is 9.62. The molecule has 168 valence electrons. The van der Waals surface area contributed by atoms with Gasteiger partial charge in [-0.3, -0.25) is 0 Å². The molecule has 1 aliphatic rings. The van der Waals surface area contributed by atoms with Gasteiger partial charge in [-0.1, -0.05) is 141 Å². The molecule has 4 aromatic rings. The summed E-state index contributed by atoms with van der Waals surface area (Å²) in [6.07, 6.45) is 4.81. The normalized spacial score (nSPS) is 15.0. The van der Waals surface area contributed by atoms with Gasteiger partial charge in [0.05, 0.1) is 5.41 Å². The Balaban J connectivity index is 1.89. The molecule has 0 nitrogen and oxygen atoms in total. The van der Waals surface area contributed by atoms with Crippen molar-refractivity contribution >= 4 is 11.1 Å². The van der Waals surface area contributed by atoms with Gasteiger partial charge in [-0.15, -0.1) is 0 Å². The molecule has 0 amide bonds. The van der Waals surface area contributed by atoms with Crippen molar-refractivity contribution in [1.29, 1.82) is 0 Å². The van der Waals surface area contributed by atoms with Gasteiger partial charge in [0.1, 0.15) is 0 Å². The zero-order chi connectivity index (χ0) is 23.4. The first-order chi connectivity index (χ1) is 16.7. The van der Waals surface area contributed by atoms with Crippen LogP contribution in [-0.4, -0.2) is 0 Å². The Hall–Kier alpha value is -3.64. The molecule has 0 spiro atoms. The van der Waals surface area contributed by atoms with Crippen LogP contribution in [0.5, 0.6) is 0 Å². The third-order valence-corrected chi connectivity index (χ3v) is 6.93. The Morgan fingerprint density at radius 2 is 1.00 bits per heavy atom. The largest absolute Gasteiger partial charge is 0.0650 e. The predicted octanol–water partition coefficient (Wildman–Crippen LogP) is 8.96. The molecule has 0 atom stereocenters. The smallest absolute Gasteiger partial charge is 0.0628 e. The van der Waals surface area contributed by atoms with Crippen LogP contribution in [-0.2, 0) is 5.41 Å². The van der Waals surface area contributed by atoms with E-state index in [2.05, 4.69) is 141 Å². The molecule has 0 heterocycles. The summed E-state index contributed by atoms with van der Waals surface area (Å²) in [6.45, 7) is 4.64. The van der Waals surface area contributed by atoms with Gasteiger partial charge in [0.25, 0.3) is 0 Å². The third-order valence-electron chi connectivity index (χ3n) is 6.93. The summed E-state index contributed by atoms with van der Waals surface area (Å²) < 4.78 is 0. The van der Waals surface area contributed by atoms with E-state index in [9.17, 15) is 0 Å². The average molecular weight is 441 g/mol. The Morgan fingerprint density at radius 3 is 1.47 bits per heavy atom. The van der Waals surface area contributed by atoms with Crippen molar-refractivity contribution in [3.8, 4) is 0 Å². The minimum atomic E-state index is -0.346. The summed E-state index contributed by atoms with van der Waals surface area (Å²) in [6, 6.07) is 44.1. The van der Waals surface area contributed by atoms with Crippen LogP contribution in [0.1, 0.15) is 48.9 Å². The van der Waals surface area contributed by atoms with Crippen LogP contribution < -0.4 is 0 Å². The number of allylic oxidation sites excluding steroid dienone is 4. The van der Waals surface area contributed by atoms with Gasteiger partial charge < -0.3 is 0 Å². The quantitative estimate of drug-likeness (QED) is 0.269. The summed E-state index contributed by atoms with van der Waals surface area (Å²) in [4.78, 5) is 0. The molecule has 4 aromatic carbocycles. The first-order valence-electron chi connectivity index (χ1n) is 12.4. The highest BCUT2D eigenvalue weighted by molar-refractivity contribution is 6.08. The summed E-state index contributed by atoms with van der Waals surface area (Å²) >= 11 is 0. The van der Waals surface area contributed by atoms with Gasteiger partial charge in [0.2, 0.25) is 0 Å². The van der Waals surface area contributed by atoms with Crippen LogP contribution >= 0.6 is 0 Å². The maximum Gasteiger partial charge on any atom is 0.0650 e. The highest BCUT2D eigenvalue weighted by Gasteiger charge is 2.43. The average Bonchev–Trinajstić information content (AvgIpc) is 3.26. The summed E-state index contributed by atoms with van der Waals surface area (Å²) in [5.41, 5.74) is 9.08. The van der Waals surface area contributed by atoms with Crippen molar-refractivity contribution in [2.75, 3.05) is 0 Å². The molecular weight excluding hydrogens is 408 g/mol. The third kappa shape index (κ3) is 4.05. The van der Waals surface area contributed by atoms with Crippen molar-refractivity contribution in [2.45, 2.75) is 32.1 Å². The lowest BCUT2D eigenvalue weighted by atomic mass is 9.68. The topological polar surface area (TPSA) is 0 Å². The molecule has 0 heteroatoms. The standard InChI is InChI=1S/C34H32/c1-26(2)23-24-29-25-34(30-19-11-5-12-20-30,31-21-13-6-14-22-31)33(28-17-9-4-10-18-28)32(29)27-15-7-3-8-16-27/h3-22,25-26H,23-24H2,1-2H3. The zero-order valence-corrected chi connectivity index (χ0v) is 20.1. The lowest BCUT2D eigenvalue weighted by molar-refractivity contribution is 0.588. The molecule has 0 aliphatic heterocycles. The molecule has 0 unspecified atom stereocenters. The number of hydrogen-bond acceptors (Lipinski definition) is 0. The van der Waals surface area contributed by atoms with Crippen LogP contribution in [0, 0.1) is 5.92 Å². The Bertz CT molecular complexity index is 1240. The summed E-state index contributed by atoms with van der Waals surface area (Å²) in [5, 5.41) is 0. The van der Waals surface area contributed by atoms with Crippen LogP contribution in [0.4, 0.5) is 0 Å². The van der Waals surface area contributed by atoms with Gasteiger partial charge in [-0.2, -0.15) is 0 Å². The Kier molecular flexibility index (Phi) is 6.32. The maximum absolute atomic E-state index is 2.57. The van der Waals surface area contributed by atoms with E-state index in [4.69, 9.17) is 0 Å². The number of rotatable bonds is 7. The van der Waals surface area contributed by atoms with E-state index >= 15 is 0 Å². The highest BCUT2D eigenvalue weighted by Crippen LogP contribution is 2.56. The molecule has 0 N–H and O–H groups in total. The fourth-order valence-corrected chi connectivity index (χ4v) is 5.34. The fourth-order valence-electron chi connectivity index (χ4n) is 5.34. The predicted molar refractivity (Wildman–Crippen MR) is 146 cm³/mol. The molecule has 0 aromatic heterocycles. The van der Waals surface area contributed by atoms with Crippen molar-refractivity contribution in [3.05, 3.63) is 155 Å². The van der Waals surface area contributed by atoms with Crippen LogP contribution in [0.2, 0.25) is 0 Å². The molecule has 5 rings (SSSR count). The van der Waals surface area contributed by atoms with E-state index in [0.717, 1.165) is 6.42 Å². The van der Waals surface area contributed by atoms with Crippen molar-refractivity contribution in [2.24, 2.45) is 5.92 Å². The van der Waals surface area contributed by atoms with Gasteiger partial charge >= 0.3 is 0 Å². The van der Waals surface area contributed by atoms with Crippen molar-refractivity contribution in [1.82, 2.24) is 0 Å². The maximum atomic E-state index is 2.57. The number of hydrogen-bond donors (Lipinski definition) is 0. The fraction of sp³-hybridized carbons (Fsp3) is 0.176. The lowest BCUT2D eigenvalue weighted by Crippen LogP contribution is -2.25. The van der Waals surface area contributed by atoms with Crippen molar-refractivity contribution < 1.29 is 0 Å². The van der Waals surface area contributed by atoms with Gasteiger partial charge in [0, 0.05) is 0 Å². The molecule has 0 saturated carbocycles. The molecule has 1 aliphatic carbocycles. The minimum absolute atomic E-state index is 0.346. The van der Waals surface area contributed by atoms with Crippen LogP contribution in [0.15, 0.2) is 133 Å². The van der Waals surface area contributed by atoms with Crippen LogP contribution in [0.3, 0.4) is 0 Å². The summed E-state index contributed by atoms with van der Waals surface area (Å²) in [5.74, 6) is 0.654. The van der Waals surface area contributed by atoms with E-state index < -0.39 is 0 Å². The number of benzene rings is 4.